The predicted octanol–water partition coefficient (Wildman–Crippen LogP) is 3.68. The molecule has 1 heterocycles. The zero-order chi connectivity index (χ0) is 15.2. The van der Waals surface area contributed by atoms with E-state index in [0.717, 1.165) is 22.9 Å². The van der Waals surface area contributed by atoms with Crippen LogP contribution >= 0.6 is 0 Å². The summed E-state index contributed by atoms with van der Waals surface area (Å²) in [4.78, 5) is 0. The van der Waals surface area contributed by atoms with Gasteiger partial charge >= 0.3 is 0 Å². The number of fused-ring (bicyclic) bond motifs is 1. The fourth-order valence-electron chi connectivity index (χ4n) is 2.67. The minimum atomic E-state index is -0.632. The zero-order valence-corrected chi connectivity index (χ0v) is 12.0. The van der Waals surface area contributed by atoms with E-state index in [1.54, 1.807) is 0 Å². The molecule has 0 amide bonds. The molecule has 2 nitrogen and oxygen atoms in total. The Bertz CT molecular complexity index is 697. The Labute approximate surface area is 122 Å². The molecule has 2 aromatic carbocycles. The van der Waals surface area contributed by atoms with Gasteiger partial charge in [0.25, 0.3) is 0 Å². The average molecular weight is 289 g/mol. The Morgan fingerprint density at radius 3 is 2.62 bits per heavy atom. The first-order valence-electron chi connectivity index (χ1n) is 6.86. The van der Waals surface area contributed by atoms with Gasteiger partial charge in [-0.15, -0.1) is 0 Å². The quantitative estimate of drug-likeness (QED) is 0.915. The molecule has 0 fully saturated rings. The largest absolute Gasteiger partial charge is 0.492 e. The molecule has 2 N–H and O–H groups in total. The van der Waals surface area contributed by atoms with Crippen LogP contribution in [0.3, 0.4) is 0 Å². The molecule has 1 atom stereocenters. The topological polar surface area (TPSA) is 35.2 Å². The molecule has 1 aliphatic rings. The maximum absolute atomic E-state index is 13.9. The first kappa shape index (κ1) is 14.0. The lowest BCUT2D eigenvalue weighted by molar-refractivity contribution is 0.291. The Balaban J connectivity index is 2.01. The molecule has 110 valence electrons. The lowest BCUT2D eigenvalue weighted by Crippen LogP contribution is -2.19. The highest BCUT2D eigenvalue weighted by molar-refractivity contribution is 5.47. The van der Waals surface area contributed by atoms with Gasteiger partial charge in [-0.2, -0.15) is 0 Å². The molecule has 1 aliphatic heterocycles. The fourth-order valence-corrected chi connectivity index (χ4v) is 2.67. The number of hydrogen-bond acceptors (Lipinski definition) is 2. The Hall–Kier alpha value is -1.94. The van der Waals surface area contributed by atoms with Crippen LogP contribution < -0.4 is 10.5 Å². The molecule has 0 saturated carbocycles. The molecule has 21 heavy (non-hydrogen) atoms. The lowest BCUT2D eigenvalue weighted by Gasteiger charge is -2.18. The molecule has 3 rings (SSSR count). The maximum atomic E-state index is 13.9. The van der Waals surface area contributed by atoms with Gasteiger partial charge in [-0.3, -0.25) is 0 Å². The third-order valence-corrected chi connectivity index (χ3v) is 3.98. The van der Waals surface area contributed by atoms with Gasteiger partial charge in [0.15, 0.2) is 0 Å². The van der Waals surface area contributed by atoms with Crippen molar-refractivity contribution >= 4 is 0 Å². The summed E-state index contributed by atoms with van der Waals surface area (Å²) in [6, 6.07) is 8.48. The molecule has 0 radical (unpaired) electrons. The lowest BCUT2D eigenvalue weighted by atomic mass is 9.85. The fraction of sp³-hybridized carbons (Fsp3) is 0.294. The highest BCUT2D eigenvalue weighted by atomic mass is 19.1. The van der Waals surface area contributed by atoms with Crippen LogP contribution in [0.15, 0.2) is 36.4 Å². The average Bonchev–Trinajstić information content (AvgIpc) is 2.74. The van der Waals surface area contributed by atoms with E-state index in [-0.39, 0.29) is 11.0 Å². The monoisotopic (exact) mass is 289 g/mol. The molecular formula is C17H17F2NO. The molecule has 0 spiro atoms. The van der Waals surface area contributed by atoms with E-state index >= 15 is 0 Å². The van der Waals surface area contributed by atoms with Crippen LogP contribution in [0.5, 0.6) is 5.75 Å². The second-order valence-electron chi connectivity index (χ2n) is 6.07. The van der Waals surface area contributed by atoms with Gasteiger partial charge in [0.2, 0.25) is 0 Å². The summed E-state index contributed by atoms with van der Waals surface area (Å²) < 4.78 is 32.5. The van der Waals surface area contributed by atoms with Crippen molar-refractivity contribution in [2.75, 3.05) is 6.61 Å². The Morgan fingerprint density at radius 2 is 1.90 bits per heavy atom. The molecule has 0 bridgehead atoms. The van der Waals surface area contributed by atoms with E-state index in [4.69, 9.17) is 10.5 Å². The van der Waals surface area contributed by atoms with E-state index in [1.807, 2.05) is 18.2 Å². The zero-order valence-electron chi connectivity index (χ0n) is 12.0. The van der Waals surface area contributed by atoms with Crippen LogP contribution in [-0.4, -0.2) is 6.61 Å². The third-order valence-electron chi connectivity index (χ3n) is 3.98. The van der Waals surface area contributed by atoms with E-state index in [2.05, 4.69) is 13.8 Å². The van der Waals surface area contributed by atoms with Gasteiger partial charge < -0.3 is 10.5 Å². The highest BCUT2D eigenvalue weighted by Crippen LogP contribution is 2.40. The normalized spacial score (nSPS) is 17.2. The van der Waals surface area contributed by atoms with Gasteiger partial charge in [-0.1, -0.05) is 26.0 Å². The summed E-state index contributed by atoms with van der Waals surface area (Å²) in [5.74, 6) is -0.388. The number of benzene rings is 2. The molecule has 0 aromatic heterocycles. The first-order chi connectivity index (χ1) is 9.88. The molecule has 0 saturated heterocycles. The van der Waals surface area contributed by atoms with Gasteiger partial charge in [-0.05, 0) is 23.8 Å². The SMILES string of the molecule is CC1(C)COc2ccc(C(N)c3ccc(F)cc3F)cc21. The second kappa shape index (κ2) is 4.81. The first-order valence-corrected chi connectivity index (χ1v) is 6.86. The van der Waals surface area contributed by atoms with Crippen molar-refractivity contribution in [3.8, 4) is 5.75 Å². The van der Waals surface area contributed by atoms with E-state index in [0.29, 0.717) is 6.61 Å². The van der Waals surface area contributed by atoms with Crippen molar-refractivity contribution in [1.29, 1.82) is 0 Å². The third kappa shape index (κ3) is 2.40. The smallest absolute Gasteiger partial charge is 0.131 e. The van der Waals surface area contributed by atoms with Crippen molar-refractivity contribution in [1.82, 2.24) is 0 Å². The summed E-state index contributed by atoms with van der Waals surface area (Å²) in [5.41, 5.74) is 8.20. The maximum Gasteiger partial charge on any atom is 0.131 e. The highest BCUT2D eigenvalue weighted by Gasteiger charge is 2.32. The summed E-state index contributed by atoms with van der Waals surface area (Å²) in [7, 11) is 0. The second-order valence-corrected chi connectivity index (χ2v) is 6.07. The van der Waals surface area contributed by atoms with Gasteiger partial charge in [0.1, 0.15) is 17.4 Å². The van der Waals surface area contributed by atoms with Crippen molar-refractivity contribution < 1.29 is 13.5 Å². The number of nitrogens with two attached hydrogens (primary N) is 1. The van der Waals surface area contributed by atoms with Crippen molar-refractivity contribution in [3.63, 3.8) is 0 Å². The number of ether oxygens (including phenoxy) is 1. The molecular weight excluding hydrogens is 272 g/mol. The van der Waals surface area contributed by atoms with E-state index in [9.17, 15) is 8.78 Å². The summed E-state index contributed by atoms with van der Waals surface area (Å²) >= 11 is 0. The summed E-state index contributed by atoms with van der Waals surface area (Å²) in [6.07, 6.45) is 0. The number of rotatable bonds is 2. The van der Waals surface area contributed by atoms with Crippen LogP contribution in [0.1, 0.15) is 36.6 Å². The predicted molar refractivity (Wildman–Crippen MR) is 77.4 cm³/mol. The van der Waals surface area contributed by atoms with E-state index < -0.39 is 17.7 Å². The minimum Gasteiger partial charge on any atom is -0.492 e. The van der Waals surface area contributed by atoms with Crippen LogP contribution in [0.2, 0.25) is 0 Å². The van der Waals surface area contributed by atoms with Crippen LogP contribution in [0.25, 0.3) is 0 Å². The number of halogens is 2. The van der Waals surface area contributed by atoms with Gasteiger partial charge in [0, 0.05) is 22.6 Å². The van der Waals surface area contributed by atoms with Crippen LogP contribution in [-0.2, 0) is 5.41 Å². The van der Waals surface area contributed by atoms with Crippen LogP contribution in [0, 0.1) is 11.6 Å². The van der Waals surface area contributed by atoms with Crippen LogP contribution in [0.4, 0.5) is 8.78 Å². The number of hydrogen-bond donors (Lipinski definition) is 1. The van der Waals surface area contributed by atoms with Crippen molar-refractivity contribution in [2.45, 2.75) is 25.3 Å². The standard InChI is InChI=1S/C17H17F2NO/c1-17(2)9-21-15-6-3-10(7-13(15)17)16(20)12-5-4-11(18)8-14(12)19/h3-8,16H,9,20H2,1-2H3. The van der Waals surface area contributed by atoms with Crippen molar-refractivity contribution in [3.05, 3.63) is 64.7 Å². The molecule has 0 aliphatic carbocycles. The van der Waals surface area contributed by atoms with Gasteiger partial charge in [-0.25, -0.2) is 8.78 Å². The molecule has 1 unspecified atom stereocenters. The molecule has 2 aromatic rings. The van der Waals surface area contributed by atoms with E-state index in [1.165, 1.54) is 12.1 Å². The minimum absolute atomic E-state index is 0.0909. The molecule has 4 heteroatoms. The Kier molecular flexibility index (Phi) is 3.21. The van der Waals surface area contributed by atoms with Crippen molar-refractivity contribution in [2.24, 2.45) is 5.73 Å². The van der Waals surface area contributed by atoms with Gasteiger partial charge in [0.05, 0.1) is 12.6 Å². The summed E-state index contributed by atoms with van der Waals surface area (Å²) in [6.45, 7) is 4.80. The Morgan fingerprint density at radius 1 is 1.14 bits per heavy atom. The summed E-state index contributed by atoms with van der Waals surface area (Å²) in [5, 5.41) is 0.